The van der Waals surface area contributed by atoms with Crippen LogP contribution in [-0.2, 0) is 0 Å². The lowest BCUT2D eigenvalue weighted by Gasteiger charge is -2.08. The summed E-state index contributed by atoms with van der Waals surface area (Å²) in [5.74, 6) is 0. The van der Waals surface area contributed by atoms with Crippen molar-refractivity contribution in [1.29, 1.82) is 0 Å². The number of hydrogen-bond donors (Lipinski definition) is 0. The molecule has 0 radical (unpaired) electrons. The van der Waals surface area contributed by atoms with Gasteiger partial charge < -0.3 is 4.57 Å². The Morgan fingerprint density at radius 3 is 2.80 bits per heavy atom. The summed E-state index contributed by atoms with van der Waals surface area (Å²) in [6, 6.07) is 2.24. The topological polar surface area (TPSA) is 30.7 Å². The molecule has 0 atom stereocenters. The zero-order valence-electron chi connectivity index (χ0n) is 8.86. The van der Waals surface area contributed by atoms with E-state index < -0.39 is 0 Å². The Hall–Kier alpha value is -0.740. The van der Waals surface area contributed by atoms with Gasteiger partial charge in [-0.25, -0.2) is 9.97 Å². The van der Waals surface area contributed by atoms with E-state index in [-0.39, 0.29) is 0 Å². The minimum atomic E-state index is 0.378. The fraction of sp³-hybridized carbons (Fsp3) is 0.400. The molecule has 0 amide bonds. The van der Waals surface area contributed by atoms with E-state index in [1.165, 1.54) is 0 Å². The first-order valence-electron chi connectivity index (χ1n) is 4.70. The smallest absolute Gasteiger partial charge is 0.132 e. The van der Waals surface area contributed by atoms with Gasteiger partial charge in [-0.2, -0.15) is 0 Å². The Morgan fingerprint density at radius 1 is 1.47 bits per heavy atom. The second kappa shape index (κ2) is 4.02. The average molecular weight is 242 g/mol. The number of rotatable bonds is 2. The van der Waals surface area contributed by atoms with E-state index in [1.807, 2.05) is 18.6 Å². The van der Waals surface area contributed by atoms with Crippen molar-refractivity contribution in [3.63, 3.8) is 0 Å². The molecule has 0 unspecified atom stereocenters. The Labute approximate surface area is 97.9 Å². The summed E-state index contributed by atoms with van der Waals surface area (Å²) in [6.45, 7) is 4.24. The van der Waals surface area contributed by atoms with Crippen molar-refractivity contribution in [1.82, 2.24) is 14.5 Å². The minimum Gasteiger partial charge on any atom is -0.328 e. The SMILES string of the molecule is CSc1nc(Cl)cc2c1ncn2C(C)C. The lowest BCUT2D eigenvalue weighted by atomic mass is 10.3. The summed E-state index contributed by atoms with van der Waals surface area (Å²) < 4.78 is 2.10. The van der Waals surface area contributed by atoms with Crippen LogP contribution in [0.25, 0.3) is 11.0 Å². The van der Waals surface area contributed by atoms with Gasteiger partial charge in [-0.1, -0.05) is 11.6 Å². The van der Waals surface area contributed by atoms with Gasteiger partial charge in [0.25, 0.3) is 0 Å². The minimum absolute atomic E-state index is 0.378. The molecule has 2 aromatic heterocycles. The summed E-state index contributed by atoms with van der Waals surface area (Å²) >= 11 is 7.54. The number of fused-ring (bicyclic) bond motifs is 1. The van der Waals surface area contributed by atoms with E-state index in [0.717, 1.165) is 16.1 Å². The molecule has 0 N–H and O–H groups in total. The average Bonchev–Trinajstić information content (AvgIpc) is 2.59. The molecule has 2 aromatic rings. The molecular weight excluding hydrogens is 230 g/mol. The van der Waals surface area contributed by atoms with Gasteiger partial charge in [-0.15, -0.1) is 11.8 Å². The fourth-order valence-corrected chi connectivity index (χ4v) is 2.31. The molecule has 0 spiro atoms. The van der Waals surface area contributed by atoms with Gasteiger partial charge in [0.05, 0.1) is 11.8 Å². The number of imidazole rings is 1. The Bertz CT molecular complexity index is 493. The van der Waals surface area contributed by atoms with Gasteiger partial charge in [0.1, 0.15) is 15.7 Å². The predicted octanol–water partition coefficient (Wildman–Crippen LogP) is 3.39. The van der Waals surface area contributed by atoms with Gasteiger partial charge in [0.15, 0.2) is 0 Å². The highest BCUT2D eigenvalue weighted by atomic mass is 35.5. The van der Waals surface area contributed by atoms with Crippen LogP contribution in [0, 0.1) is 0 Å². The largest absolute Gasteiger partial charge is 0.328 e. The number of aromatic nitrogens is 3. The monoisotopic (exact) mass is 241 g/mol. The number of pyridine rings is 1. The van der Waals surface area contributed by atoms with Crippen molar-refractivity contribution in [2.45, 2.75) is 24.9 Å². The third kappa shape index (κ3) is 1.84. The fourth-order valence-electron chi connectivity index (χ4n) is 1.53. The van der Waals surface area contributed by atoms with Crippen LogP contribution in [0.3, 0.4) is 0 Å². The van der Waals surface area contributed by atoms with Crippen LogP contribution in [0.15, 0.2) is 17.4 Å². The lowest BCUT2D eigenvalue weighted by molar-refractivity contribution is 0.617. The zero-order chi connectivity index (χ0) is 11.0. The molecule has 15 heavy (non-hydrogen) atoms. The van der Waals surface area contributed by atoms with Gasteiger partial charge in [-0.05, 0) is 20.1 Å². The van der Waals surface area contributed by atoms with Crippen LogP contribution in [0.4, 0.5) is 0 Å². The van der Waals surface area contributed by atoms with Gasteiger partial charge in [0.2, 0.25) is 0 Å². The molecule has 0 aromatic carbocycles. The van der Waals surface area contributed by atoms with Crippen molar-refractivity contribution < 1.29 is 0 Å². The van der Waals surface area contributed by atoms with E-state index in [2.05, 4.69) is 28.4 Å². The standard InChI is InChI=1S/C10H12ClN3S/c1-6(2)14-5-12-9-7(14)4-8(11)13-10(9)15-3/h4-6H,1-3H3. The first kappa shape index (κ1) is 10.8. The van der Waals surface area contributed by atoms with Crippen LogP contribution >= 0.6 is 23.4 Å². The normalized spacial score (nSPS) is 11.5. The molecule has 0 bridgehead atoms. The van der Waals surface area contributed by atoms with E-state index in [4.69, 9.17) is 11.6 Å². The molecule has 0 aliphatic carbocycles. The Balaban J connectivity index is 2.75. The third-order valence-corrected chi connectivity index (χ3v) is 3.11. The number of hydrogen-bond acceptors (Lipinski definition) is 3. The number of nitrogens with zero attached hydrogens (tertiary/aromatic N) is 3. The van der Waals surface area contributed by atoms with Crippen LogP contribution in [0.1, 0.15) is 19.9 Å². The second-order valence-electron chi connectivity index (χ2n) is 3.57. The Morgan fingerprint density at radius 2 is 2.20 bits per heavy atom. The summed E-state index contributed by atoms with van der Waals surface area (Å²) in [5, 5.41) is 1.41. The molecule has 0 aliphatic rings. The summed E-state index contributed by atoms with van der Waals surface area (Å²) in [4.78, 5) is 8.62. The molecule has 0 saturated heterocycles. The predicted molar refractivity (Wildman–Crippen MR) is 64.7 cm³/mol. The van der Waals surface area contributed by atoms with Crippen LogP contribution < -0.4 is 0 Å². The maximum Gasteiger partial charge on any atom is 0.132 e. The van der Waals surface area contributed by atoms with E-state index >= 15 is 0 Å². The van der Waals surface area contributed by atoms with E-state index in [9.17, 15) is 0 Å². The quantitative estimate of drug-likeness (QED) is 0.597. The lowest BCUT2D eigenvalue weighted by Crippen LogP contribution is -1.98. The maximum atomic E-state index is 5.97. The maximum absolute atomic E-state index is 5.97. The Kier molecular flexibility index (Phi) is 2.89. The van der Waals surface area contributed by atoms with Crippen LogP contribution in [0.5, 0.6) is 0 Å². The zero-order valence-corrected chi connectivity index (χ0v) is 10.4. The van der Waals surface area contributed by atoms with Crippen LogP contribution in [-0.4, -0.2) is 20.8 Å². The molecule has 2 rings (SSSR count). The highest BCUT2D eigenvalue weighted by Gasteiger charge is 2.11. The molecule has 80 valence electrons. The van der Waals surface area contributed by atoms with Crippen molar-refractivity contribution in [2.24, 2.45) is 0 Å². The first-order valence-corrected chi connectivity index (χ1v) is 6.31. The van der Waals surface area contributed by atoms with Gasteiger partial charge in [-0.3, -0.25) is 0 Å². The highest BCUT2D eigenvalue weighted by Crippen LogP contribution is 2.27. The molecule has 0 fully saturated rings. The van der Waals surface area contributed by atoms with Crippen molar-refractivity contribution in [3.8, 4) is 0 Å². The molecule has 3 nitrogen and oxygen atoms in total. The van der Waals surface area contributed by atoms with Crippen LogP contribution in [0.2, 0.25) is 5.15 Å². The van der Waals surface area contributed by atoms with Gasteiger partial charge in [0, 0.05) is 12.1 Å². The van der Waals surface area contributed by atoms with Crippen molar-refractivity contribution >= 4 is 34.4 Å². The molecule has 0 saturated carbocycles. The molecular formula is C10H12ClN3S. The van der Waals surface area contributed by atoms with E-state index in [0.29, 0.717) is 11.2 Å². The number of thioether (sulfide) groups is 1. The third-order valence-electron chi connectivity index (χ3n) is 2.25. The number of halogens is 1. The second-order valence-corrected chi connectivity index (χ2v) is 4.75. The summed E-state index contributed by atoms with van der Waals surface area (Å²) in [6.07, 6.45) is 3.82. The molecule has 0 aliphatic heterocycles. The summed E-state index contributed by atoms with van der Waals surface area (Å²) in [5.41, 5.74) is 1.98. The van der Waals surface area contributed by atoms with Crippen molar-refractivity contribution in [2.75, 3.05) is 6.26 Å². The first-order chi connectivity index (χ1) is 7.13. The molecule has 2 heterocycles. The summed E-state index contributed by atoms with van der Waals surface area (Å²) in [7, 11) is 0. The van der Waals surface area contributed by atoms with Gasteiger partial charge >= 0.3 is 0 Å². The highest BCUT2D eigenvalue weighted by molar-refractivity contribution is 7.98. The molecule has 5 heteroatoms. The van der Waals surface area contributed by atoms with E-state index in [1.54, 1.807) is 11.8 Å². The van der Waals surface area contributed by atoms with Crippen molar-refractivity contribution in [3.05, 3.63) is 17.5 Å².